The quantitative estimate of drug-likeness (QED) is 0.273. The molecule has 0 radical (unpaired) electrons. The van der Waals surface area contributed by atoms with Crippen molar-refractivity contribution in [3.8, 4) is 11.5 Å². The van der Waals surface area contributed by atoms with Crippen LogP contribution in [0, 0.1) is 17.8 Å². The van der Waals surface area contributed by atoms with Crippen LogP contribution in [0.15, 0.2) is 53.4 Å². The Morgan fingerprint density at radius 3 is 2.48 bits per heavy atom. The van der Waals surface area contributed by atoms with Crippen molar-refractivity contribution in [1.29, 1.82) is 0 Å². The summed E-state index contributed by atoms with van der Waals surface area (Å²) in [6.07, 6.45) is 2.03. The largest absolute Gasteiger partial charge is 0.497 e. The highest BCUT2D eigenvalue weighted by atomic mass is 32.2. The van der Waals surface area contributed by atoms with E-state index in [4.69, 9.17) is 18.9 Å². The maximum atomic E-state index is 13.7. The molecule has 0 aliphatic carbocycles. The number of benzene rings is 2. The molecule has 0 saturated carbocycles. The van der Waals surface area contributed by atoms with E-state index in [0.717, 1.165) is 12.0 Å². The fourth-order valence-electron chi connectivity index (χ4n) is 5.53. The average molecular weight is 621 g/mol. The number of nitrogens with zero attached hydrogens (tertiary/aromatic N) is 1. The number of methoxy groups -OCH3 is 1. The maximum Gasteiger partial charge on any atom is 0.243 e. The van der Waals surface area contributed by atoms with E-state index < -0.39 is 10.0 Å². The zero-order valence-corrected chi connectivity index (χ0v) is 26.1. The highest BCUT2D eigenvalue weighted by Crippen LogP contribution is 2.37. The predicted molar refractivity (Wildman–Crippen MR) is 158 cm³/mol. The first-order valence-corrected chi connectivity index (χ1v) is 16.8. The van der Waals surface area contributed by atoms with Crippen molar-refractivity contribution in [2.75, 3.05) is 39.8 Å². The monoisotopic (exact) mass is 620 g/mol. The number of sulfonamides is 1. The van der Waals surface area contributed by atoms with E-state index in [1.807, 2.05) is 26.0 Å². The summed E-state index contributed by atoms with van der Waals surface area (Å²) < 4.78 is 61.5. The Balaban J connectivity index is 1.48. The number of ether oxygens (including phenoxy) is 4. The Labute approximate surface area is 250 Å². The van der Waals surface area contributed by atoms with E-state index in [9.17, 15) is 17.8 Å². The van der Waals surface area contributed by atoms with E-state index >= 15 is 0 Å². The third-order valence-corrected chi connectivity index (χ3v) is 9.77. The topological polar surface area (TPSA) is 120 Å². The van der Waals surface area contributed by atoms with E-state index in [-0.39, 0.29) is 62.2 Å². The van der Waals surface area contributed by atoms with Gasteiger partial charge >= 0.3 is 0 Å². The third-order valence-electron chi connectivity index (χ3n) is 7.66. The van der Waals surface area contributed by atoms with Crippen LogP contribution in [0.2, 0.25) is 0 Å². The summed E-state index contributed by atoms with van der Waals surface area (Å²) in [6.45, 7) is 5.71. The van der Waals surface area contributed by atoms with Gasteiger partial charge in [-0.3, -0.25) is 9.36 Å². The lowest BCUT2D eigenvalue weighted by Crippen LogP contribution is -2.42. The van der Waals surface area contributed by atoms with Crippen LogP contribution < -0.4 is 14.8 Å². The van der Waals surface area contributed by atoms with Gasteiger partial charge in [-0.15, -0.1) is 0 Å². The van der Waals surface area contributed by atoms with E-state index in [2.05, 4.69) is 5.32 Å². The molecule has 0 aromatic heterocycles. The molecule has 2 aliphatic heterocycles. The molecule has 1 N–H and O–H groups in total. The molecule has 12 heteroatoms. The molecule has 4 atom stereocenters. The number of amides is 1. The first kappa shape index (κ1) is 32.4. The summed E-state index contributed by atoms with van der Waals surface area (Å²) in [7, 11) is -2.33. The molecular weight excluding hydrogens is 579 g/mol. The molecule has 0 spiro atoms. The van der Waals surface area contributed by atoms with Gasteiger partial charge in [0.1, 0.15) is 11.5 Å². The first-order valence-electron chi connectivity index (χ1n) is 14.4. The smallest absolute Gasteiger partial charge is 0.243 e. The van der Waals surface area contributed by atoms with Crippen LogP contribution in [0.5, 0.6) is 11.5 Å². The van der Waals surface area contributed by atoms with E-state index in [1.165, 1.54) is 11.4 Å². The van der Waals surface area contributed by atoms with Crippen LogP contribution in [0.1, 0.15) is 38.7 Å². The summed E-state index contributed by atoms with van der Waals surface area (Å²) >= 11 is 0. The summed E-state index contributed by atoms with van der Waals surface area (Å²) in [4.78, 5) is 13.5. The van der Waals surface area contributed by atoms with Gasteiger partial charge in [-0.2, -0.15) is 4.31 Å². The van der Waals surface area contributed by atoms with Gasteiger partial charge in [0, 0.05) is 31.5 Å². The number of nitrogens with one attached hydrogen (secondary N) is 1. The Morgan fingerprint density at radius 1 is 1.10 bits per heavy atom. The van der Waals surface area contributed by atoms with Crippen LogP contribution in [-0.4, -0.2) is 70.7 Å². The molecule has 4 rings (SSSR count). The number of hydrogen-bond acceptors (Lipinski definition) is 8. The number of carbonyl (C=O) groups is 1. The summed E-state index contributed by atoms with van der Waals surface area (Å²) in [5.74, 6) is 1.54. The second-order valence-corrected chi connectivity index (χ2v) is 13.7. The molecule has 10 nitrogen and oxygen atoms in total. The Bertz CT molecular complexity index is 1270. The Kier molecular flexibility index (Phi) is 11.7. The number of carbonyl (C=O) groups excluding carboxylic acids is 1. The van der Waals surface area contributed by atoms with Gasteiger partial charge in [-0.05, 0) is 73.1 Å². The van der Waals surface area contributed by atoms with E-state index in [0.29, 0.717) is 50.5 Å². The molecule has 1 amide bonds. The van der Waals surface area contributed by atoms with E-state index in [1.54, 1.807) is 36.4 Å². The van der Waals surface area contributed by atoms with Gasteiger partial charge in [0.05, 0.1) is 25.2 Å². The zero-order chi connectivity index (χ0) is 30.1. The van der Waals surface area contributed by atoms with Crippen LogP contribution >= 0.6 is 8.46 Å². The first-order chi connectivity index (χ1) is 20.2. The fraction of sp³-hybridized carbons (Fsp3) is 0.567. The molecular formula is C30H41N2O8PS. The van der Waals surface area contributed by atoms with Gasteiger partial charge in [-0.1, -0.05) is 26.0 Å². The molecule has 230 valence electrons. The van der Waals surface area contributed by atoms with Crippen molar-refractivity contribution in [1.82, 2.24) is 9.62 Å². The minimum absolute atomic E-state index is 0.0736. The predicted octanol–water partition coefficient (Wildman–Crippen LogP) is 4.49. The average Bonchev–Trinajstić information content (AvgIpc) is 3.59. The fourth-order valence-corrected chi connectivity index (χ4v) is 7.35. The third kappa shape index (κ3) is 8.74. The highest BCUT2D eigenvalue weighted by molar-refractivity contribution is 7.89. The molecule has 2 heterocycles. The van der Waals surface area contributed by atoms with Gasteiger partial charge in [0.2, 0.25) is 15.9 Å². The minimum atomic E-state index is -3.77. The van der Waals surface area contributed by atoms with Crippen molar-refractivity contribution < 1.29 is 36.7 Å². The van der Waals surface area contributed by atoms with Crippen molar-refractivity contribution in [2.45, 2.75) is 56.8 Å². The molecule has 42 heavy (non-hydrogen) atoms. The number of fused-ring (bicyclic) bond motifs is 1. The normalized spacial score (nSPS) is 21.0. The SMILES string of the molecule is COc1ccc(S(=O)(=O)N(CC[C@H](Cc2ccc(OCP=O)cc2)NC(=O)C[C@H]2CO[C@H]3OCC[C@@H]23)CC(C)C)cc1. The Hall–Kier alpha value is -2.56. The maximum absolute atomic E-state index is 13.7. The molecule has 2 aromatic carbocycles. The number of hydrogen-bond donors (Lipinski definition) is 1. The van der Waals surface area contributed by atoms with Crippen molar-refractivity contribution in [3.63, 3.8) is 0 Å². The minimum Gasteiger partial charge on any atom is -0.497 e. The highest BCUT2D eigenvalue weighted by Gasteiger charge is 2.42. The molecule has 2 saturated heterocycles. The lowest BCUT2D eigenvalue weighted by Gasteiger charge is -2.27. The Morgan fingerprint density at radius 2 is 1.81 bits per heavy atom. The summed E-state index contributed by atoms with van der Waals surface area (Å²) in [5, 5.41) is 3.19. The van der Waals surface area contributed by atoms with Gasteiger partial charge < -0.3 is 24.3 Å². The standard InChI is InChI=1S/C30H41N2O8PS/c1-21(2)18-32(42(35,36)27-10-8-25(37-3)9-11-27)14-12-24(16-22-4-6-26(7-5-22)40-20-41-34)31-29(33)17-23-19-39-30-28(23)13-15-38-30/h4-11,21,23-24,28,30H,12-20H2,1-3H3,(H,31,33)/t23-,24+,28-,30+/m0/s1. The molecule has 0 bridgehead atoms. The van der Waals surface area contributed by atoms with Crippen LogP contribution in [-0.2, 0) is 35.3 Å². The van der Waals surface area contributed by atoms with Crippen LogP contribution in [0.3, 0.4) is 0 Å². The molecule has 2 aromatic rings. The lowest BCUT2D eigenvalue weighted by atomic mass is 9.90. The zero-order valence-electron chi connectivity index (χ0n) is 24.4. The second kappa shape index (κ2) is 15.3. The van der Waals surface area contributed by atoms with Crippen molar-refractivity contribution in [2.24, 2.45) is 17.8 Å². The van der Waals surface area contributed by atoms with Crippen molar-refractivity contribution in [3.05, 3.63) is 54.1 Å². The molecule has 2 fully saturated rings. The molecule has 2 aliphatic rings. The van der Waals surface area contributed by atoms with Gasteiger partial charge in [0.25, 0.3) is 0 Å². The van der Waals surface area contributed by atoms with Gasteiger partial charge in [-0.25, -0.2) is 8.42 Å². The second-order valence-electron chi connectivity index (χ2n) is 11.2. The lowest BCUT2D eigenvalue weighted by molar-refractivity contribution is -0.123. The number of rotatable bonds is 16. The summed E-state index contributed by atoms with van der Waals surface area (Å²) in [6, 6.07) is 13.5. The van der Waals surface area contributed by atoms with Crippen LogP contribution in [0.4, 0.5) is 0 Å². The van der Waals surface area contributed by atoms with Gasteiger partial charge in [0.15, 0.2) is 21.1 Å². The summed E-state index contributed by atoms with van der Waals surface area (Å²) in [5.41, 5.74) is 0.967. The molecule has 0 unspecified atom stereocenters. The van der Waals surface area contributed by atoms with Crippen molar-refractivity contribution >= 4 is 24.4 Å². The van der Waals surface area contributed by atoms with Crippen LogP contribution in [0.25, 0.3) is 0 Å².